The average molecular weight is 364 g/mol. The van der Waals surface area contributed by atoms with Crippen molar-refractivity contribution >= 4 is 40.1 Å². The van der Waals surface area contributed by atoms with Gasteiger partial charge in [0.15, 0.2) is 0 Å². The lowest BCUT2D eigenvalue weighted by atomic mass is 10.0. The topological polar surface area (TPSA) is 39.2 Å². The van der Waals surface area contributed by atoms with Crippen LogP contribution in [0.25, 0.3) is 22.2 Å². The fourth-order valence-corrected chi connectivity index (χ4v) is 2.89. The predicted molar refractivity (Wildman–Crippen MR) is 93.1 cm³/mol. The maximum Gasteiger partial charge on any atom is 0.338 e. The smallest absolute Gasteiger partial charge is 0.338 e. The van der Waals surface area contributed by atoms with Crippen LogP contribution in [0.5, 0.6) is 0 Å². The quantitative estimate of drug-likeness (QED) is 0.454. The standard InChI is InChI=1S/C18H12Cl2FNO2/c1-2-24-18(23)11-8-17(22-16-6-4-3-5-10(11)16)12-7-15(21)14(20)9-13(12)19/h3-9H,2H2,1H3. The Kier molecular flexibility index (Phi) is 4.69. The van der Waals surface area contributed by atoms with E-state index in [0.717, 1.165) is 0 Å². The molecule has 2 aromatic carbocycles. The van der Waals surface area contributed by atoms with Gasteiger partial charge in [0, 0.05) is 10.9 Å². The highest BCUT2D eigenvalue weighted by molar-refractivity contribution is 6.36. The van der Waals surface area contributed by atoms with Crippen LogP contribution in [0.3, 0.4) is 0 Å². The number of hydrogen-bond donors (Lipinski definition) is 0. The van der Waals surface area contributed by atoms with E-state index in [1.807, 2.05) is 0 Å². The SMILES string of the molecule is CCOC(=O)c1cc(-c2cc(F)c(Cl)cc2Cl)nc2ccccc12. The Bertz CT molecular complexity index is 944. The third kappa shape index (κ3) is 3.07. The van der Waals surface area contributed by atoms with Crippen molar-refractivity contribution in [3.8, 4) is 11.3 Å². The van der Waals surface area contributed by atoms with Gasteiger partial charge >= 0.3 is 5.97 Å². The molecule has 0 radical (unpaired) electrons. The van der Waals surface area contributed by atoms with Gasteiger partial charge in [-0.2, -0.15) is 0 Å². The number of ether oxygens (including phenoxy) is 1. The first-order valence-corrected chi connectivity index (χ1v) is 7.98. The maximum atomic E-state index is 13.8. The number of esters is 1. The van der Waals surface area contributed by atoms with Gasteiger partial charge in [0.25, 0.3) is 0 Å². The molecule has 24 heavy (non-hydrogen) atoms. The van der Waals surface area contributed by atoms with E-state index >= 15 is 0 Å². The Morgan fingerprint density at radius 3 is 2.67 bits per heavy atom. The Morgan fingerprint density at radius 2 is 1.92 bits per heavy atom. The summed E-state index contributed by atoms with van der Waals surface area (Å²) in [5.41, 5.74) is 1.67. The molecule has 122 valence electrons. The molecule has 0 aliphatic carbocycles. The van der Waals surface area contributed by atoms with Gasteiger partial charge in [0.2, 0.25) is 0 Å². The minimum absolute atomic E-state index is 0.0739. The molecule has 0 aliphatic rings. The molecular weight excluding hydrogens is 352 g/mol. The van der Waals surface area contributed by atoms with E-state index in [4.69, 9.17) is 27.9 Å². The lowest BCUT2D eigenvalue weighted by Gasteiger charge is -2.11. The van der Waals surface area contributed by atoms with Crippen LogP contribution in [0.1, 0.15) is 17.3 Å². The molecule has 0 N–H and O–H groups in total. The fraction of sp³-hybridized carbons (Fsp3) is 0.111. The van der Waals surface area contributed by atoms with E-state index in [1.165, 1.54) is 12.1 Å². The summed E-state index contributed by atoms with van der Waals surface area (Å²) in [6.45, 7) is 1.98. The summed E-state index contributed by atoms with van der Waals surface area (Å²) in [7, 11) is 0. The molecule has 0 bridgehead atoms. The average Bonchev–Trinajstić information content (AvgIpc) is 2.57. The van der Waals surface area contributed by atoms with Crippen molar-refractivity contribution in [3.05, 3.63) is 63.9 Å². The molecule has 0 aliphatic heterocycles. The van der Waals surface area contributed by atoms with Gasteiger partial charge in [-0.1, -0.05) is 41.4 Å². The zero-order valence-corrected chi connectivity index (χ0v) is 14.2. The van der Waals surface area contributed by atoms with Crippen LogP contribution < -0.4 is 0 Å². The molecule has 3 rings (SSSR count). The summed E-state index contributed by atoms with van der Waals surface area (Å²) in [5, 5.41) is 0.833. The van der Waals surface area contributed by atoms with Crippen LogP contribution in [0.2, 0.25) is 10.0 Å². The highest BCUT2D eigenvalue weighted by Gasteiger charge is 2.17. The normalized spacial score (nSPS) is 10.8. The monoisotopic (exact) mass is 363 g/mol. The highest BCUT2D eigenvalue weighted by Crippen LogP contribution is 2.33. The van der Waals surface area contributed by atoms with Crippen LogP contribution in [0, 0.1) is 5.82 Å². The predicted octanol–water partition coefficient (Wildman–Crippen LogP) is 5.52. The zero-order valence-electron chi connectivity index (χ0n) is 12.6. The summed E-state index contributed by atoms with van der Waals surface area (Å²) in [5.74, 6) is -1.08. The van der Waals surface area contributed by atoms with E-state index in [9.17, 15) is 9.18 Å². The Morgan fingerprint density at radius 1 is 1.17 bits per heavy atom. The molecule has 0 atom stereocenters. The first-order chi connectivity index (χ1) is 11.5. The first kappa shape index (κ1) is 16.7. The summed E-state index contributed by atoms with van der Waals surface area (Å²) < 4.78 is 18.9. The van der Waals surface area contributed by atoms with E-state index in [0.29, 0.717) is 27.7 Å². The summed E-state index contributed by atoms with van der Waals surface area (Å²) >= 11 is 11.9. The van der Waals surface area contributed by atoms with E-state index in [-0.39, 0.29) is 16.7 Å². The third-order valence-corrected chi connectivity index (χ3v) is 4.10. The molecule has 0 saturated carbocycles. The Hall–Kier alpha value is -2.17. The maximum absolute atomic E-state index is 13.8. The lowest BCUT2D eigenvalue weighted by molar-refractivity contribution is 0.0528. The number of halogens is 3. The summed E-state index contributed by atoms with van der Waals surface area (Å²) in [6, 6.07) is 11.2. The zero-order chi connectivity index (χ0) is 17.3. The molecule has 0 amide bonds. The number of nitrogens with zero attached hydrogens (tertiary/aromatic N) is 1. The van der Waals surface area contributed by atoms with Crippen molar-refractivity contribution in [3.63, 3.8) is 0 Å². The molecule has 1 heterocycles. The van der Waals surface area contributed by atoms with E-state index in [2.05, 4.69) is 4.98 Å². The number of aromatic nitrogens is 1. The molecule has 6 heteroatoms. The number of rotatable bonds is 3. The van der Waals surface area contributed by atoms with Gasteiger partial charge < -0.3 is 4.74 Å². The van der Waals surface area contributed by atoms with Crippen LogP contribution in [-0.2, 0) is 4.74 Å². The van der Waals surface area contributed by atoms with Gasteiger partial charge in [0.05, 0.1) is 33.4 Å². The van der Waals surface area contributed by atoms with Crippen molar-refractivity contribution < 1.29 is 13.9 Å². The largest absolute Gasteiger partial charge is 0.462 e. The third-order valence-electron chi connectivity index (χ3n) is 3.50. The van der Waals surface area contributed by atoms with Crippen LogP contribution in [0.4, 0.5) is 4.39 Å². The number of carbonyl (C=O) groups excluding carboxylic acids is 1. The number of benzene rings is 2. The highest BCUT2D eigenvalue weighted by atomic mass is 35.5. The number of para-hydroxylation sites is 1. The summed E-state index contributed by atoms with van der Waals surface area (Å²) in [4.78, 5) is 16.7. The van der Waals surface area contributed by atoms with E-state index < -0.39 is 11.8 Å². The molecule has 0 fully saturated rings. The molecule has 0 saturated heterocycles. The first-order valence-electron chi connectivity index (χ1n) is 7.23. The van der Waals surface area contributed by atoms with Crippen molar-refractivity contribution in [1.82, 2.24) is 4.98 Å². The van der Waals surface area contributed by atoms with Gasteiger partial charge in [-0.15, -0.1) is 0 Å². The molecule has 3 aromatic rings. The number of pyridine rings is 1. The Balaban J connectivity index is 2.26. The van der Waals surface area contributed by atoms with E-state index in [1.54, 1.807) is 37.3 Å². The van der Waals surface area contributed by atoms with Crippen LogP contribution in [-0.4, -0.2) is 17.6 Å². The number of fused-ring (bicyclic) bond motifs is 1. The van der Waals surface area contributed by atoms with Crippen LogP contribution >= 0.6 is 23.2 Å². The van der Waals surface area contributed by atoms with Crippen molar-refractivity contribution in [1.29, 1.82) is 0 Å². The minimum Gasteiger partial charge on any atom is -0.462 e. The second-order valence-corrected chi connectivity index (χ2v) is 5.85. The lowest BCUT2D eigenvalue weighted by Crippen LogP contribution is -2.06. The molecule has 0 unspecified atom stereocenters. The fourth-order valence-electron chi connectivity index (χ4n) is 2.41. The van der Waals surface area contributed by atoms with Crippen molar-refractivity contribution in [2.75, 3.05) is 6.61 Å². The van der Waals surface area contributed by atoms with Gasteiger partial charge in [0.1, 0.15) is 5.82 Å². The van der Waals surface area contributed by atoms with Gasteiger partial charge in [-0.25, -0.2) is 14.2 Å². The molecule has 0 spiro atoms. The summed E-state index contributed by atoms with van der Waals surface area (Å²) in [6.07, 6.45) is 0. The van der Waals surface area contributed by atoms with Crippen molar-refractivity contribution in [2.24, 2.45) is 0 Å². The van der Waals surface area contributed by atoms with Gasteiger partial charge in [-0.05, 0) is 31.2 Å². The molecule has 3 nitrogen and oxygen atoms in total. The second-order valence-electron chi connectivity index (χ2n) is 5.04. The number of carbonyl (C=O) groups is 1. The number of hydrogen-bond acceptors (Lipinski definition) is 3. The molecule has 1 aromatic heterocycles. The second kappa shape index (κ2) is 6.75. The van der Waals surface area contributed by atoms with Crippen molar-refractivity contribution in [2.45, 2.75) is 6.92 Å². The minimum atomic E-state index is -0.608. The van der Waals surface area contributed by atoms with Gasteiger partial charge in [-0.3, -0.25) is 0 Å². The molecular formula is C18H12Cl2FNO2. The Labute approximate surface area is 148 Å². The van der Waals surface area contributed by atoms with Crippen LogP contribution in [0.15, 0.2) is 42.5 Å².